The van der Waals surface area contributed by atoms with Crippen molar-refractivity contribution in [2.24, 2.45) is 5.41 Å². The number of hydrogen-bond acceptors (Lipinski definition) is 2. The summed E-state index contributed by atoms with van der Waals surface area (Å²) >= 11 is 6.10. The number of hydrogen-bond donors (Lipinski definition) is 0. The minimum Gasteiger partial charge on any atom is -0.329 e. The van der Waals surface area contributed by atoms with Gasteiger partial charge in [-0.2, -0.15) is 18.3 Å². The molecule has 0 spiro atoms. The number of benzene rings is 1. The fourth-order valence-electron chi connectivity index (χ4n) is 2.53. The average molecular weight is 388 g/mol. The lowest BCUT2D eigenvalue weighted by Crippen LogP contribution is -2.43. The first-order valence-corrected chi connectivity index (χ1v) is 8.44. The van der Waals surface area contributed by atoms with E-state index >= 15 is 0 Å². The predicted molar refractivity (Wildman–Crippen MR) is 94.2 cm³/mol. The van der Waals surface area contributed by atoms with E-state index in [2.05, 4.69) is 5.10 Å². The molecule has 1 amide bonds. The molecule has 142 valence electrons. The summed E-state index contributed by atoms with van der Waals surface area (Å²) in [5.74, 6) is -0.692. The maximum absolute atomic E-state index is 12.9. The van der Waals surface area contributed by atoms with Crippen LogP contribution < -0.4 is 0 Å². The van der Waals surface area contributed by atoms with E-state index in [4.69, 9.17) is 11.6 Å². The predicted octanol–water partition coefficient (Wildman–Crippen LogP) is 4.64. The van der Waals surface area contributed by atoms with E-state index in [-0.39, 0.29) is 12.1 Å². The molecule has 2 aromatic rings. The zero-order valence-corrected chi connectivity index (χ0v) is 15.6. The highest BCUT2D eigenvalue weighted by atomic mass is 35.5. The molecule has 0 radical (unpaired) electrons. The molecular formula is C18H21ClF3N3O. The Morgan fingerprint density at radius 3 is 2.42 bits per heavy atom. The smallest absolute Gasteiger partial charge is 0.329 e. The molecule has 0 saturated heterocycles. The van der Waals surface area contributed by atoms with Gasteiger partial charge in [-0.3, -0.25) is 9.48 Å². The van der Waals surface area contributed by atoms with Crippen LogP contribution in [0.15, 0.2) is 36.7 Å². The molecule has 0 N–H and O–H groups in total. The van der Waals surface area contributed by atoms with Crippen molar-refractivity contribution in [3.63, 3.8) is 0 Å². The Morgan fingerprint density at radius 1 is 1.19 bits per heavy atom. The summed E-state index contributed by atoms with van der Waals surface area (Å²) in [7, 11) is 0. The number of halogens is 4. The van der Waals surface area contributed by atoms with Gasteiger partial charge in [0.25, 0.3) is 5.91 Å². The largest absolute Gasteiger partial charge is 0.406 e. The first-order chi connectivity index (χ1) is 11.9. The van der Waals surface area contributed by atoms with Crippen LogP contribution in [0.2, 0.25) is 5.02 Å². The van der Waals surface area contributed by atoms with E-state index < -0.39 is 24.0 Å². The van der Waals surface area contributed by atoms with Gasteiger partial charge in [0.05, 0.1) is 18.3 Å². The maximum Gasteiger partial charge on any atom is 0.406 e. The topological polar surface area (TPSA) is 38.1 Å². The molecule has 0 bridgehead atoms. The number of alkyl halides is 3. The van der Waals surface area contributed by atoms with Gasteiger partial charge in [0.15, 0.2) is 0 Å². The Hall–Kier alpha value is -2.02. The Balaban J connectivity index is 2.18. The van der Waals surface area contributed by atoms with Crippen molar-refractivity contribution >= 4 is 17.5 Å². The highest BCUT2D eigenvalue weighted by molar-refractivity contribution is 6.31. The van der Waals surface area contributed by atoms with Crippen LogP contribution in [0.3, 0.4) is 0 Å². The van der Waals surface area contributed by atoms with E-state index in [0.717, 1.165) is 10.5 Å². The monoisotopic (exact) mass is 387 g/mol. The number of carbonyl (C=O) groups excluding carboxylic acids is 1. The Morgan fingerprint density at radius 2 is 1.85 bits per heavy atom. The van der Waals surface area contributed by atoms with Gasteiger partial charge >= 0.3 is 6.18 Å². The van der Waals surface area contributed by atoms with Crippen LogP contribution >= 0.6 is 11.6 Å². The molecule has 0 atom stereocenters. The van der Waals surface area contributed by atoms with Crippen molar-refractivity contribution in [3.8, 4) is 0 Å². The third-order valence-electron chi connectivity index (χ3n) is 3.49. The summed E-state index contributed by atoms with van der Waals surface area (Å²) in [4.78, 5) is 13.4. The third-order valence-corrected chi connectivity index (χ3v) is 3.86. The van der Waals surface area contributed by atoms with E-state index in [9.17, 15) is 18.0 Å². The van der Waals surface area contributed by atoms with E-state index in [1.807, 2.05) is 12.1 Å². The molecule has 0 saturated carbocycles. The van der Waals surface area contributed by atoms with Crippen LogP contribution in [-0.2, 0) is 6.54 Å². The van der Waals surface area contributed by atoms with Crippen molar-refractivity contribution in [1.82, 2.24) is 14.7 Å². The molecule has 1 heterocycles. The molecule has 2 rings (SSSR count). The normalized spacial score (nSPS) is 12.3. The summed E-state index contributed by atoms with van der Waals surface area (Å²) in [6.45, 7) is 4.37. The molecule has 0 aliphatic rings. The summed E-state index contributed by atoms with van der Waals surface area (Å²) in [6.07, 6.45) is -1.74. The second-order valence-electron chi connectivity index (χ2n) is 7.36. The third kappa shape index (κ3) is 6.05. The molecule has 26 heavy (non-hydrogen) atoms. The van der Waals surface area contributed by atoms with Gasteiger partial charge in [0, 0.05) is 17.8 Å². The first kappa shape index (κ1) is 20.3. The lowest BCUT2D eigenvalue weighted by molar-refractivity contribution is -0.142. The van der Waals surface area contributed by atoms with Crippen molar-refractivity contribution in [1.29, 1.82) is 0 Å². The van der Waals surface area contributed by atoms with Crippen LogP contribution in [0.25, 0.3) is 0 Å². The zero-order valence-electron chi connectivity index (χ0n) is 14.8. The number of nitrogens with zero attached hydrogens (tertiary/aromatic N) is 3. The van der Waals surface area contributed by atoms with Crippen LogP contribution in [0, 0.1) is 5.41 Å². The van der Waals surface area contributed by atoms with Gasteiger partial charge in [-0.1, -0.05) is 50.6 Å². The number of rotatable bonds is 5. The van der Waals surface area contributed by atoms with Gasteiger partial charge in [0.2, 0.25) is 0 Å². The SMILES string of the molecule is CC(C)(C)CN(CC(F)(F)F)C(=O)c1cnn(Cc2ccccc2Cl)c1. The maximum atomic E-state index is 12.9. The second kappa shape index (κ2) is 7.70. The number of carbonyl (C=O) groups is 1. The fourth-order valence-corrected chi connectivity index (χ4v) is 2.73. The molecule has 1 aromatic carbocycles. The van der Waals surface area contributed by atoms with E-state index in [0.29, 0.717) is 11.6 Å². The minimum absolute atomic E-state index is 0.0129. The molecule has 0 unspecified atom stereocenters. The van der Waals surface area contributed by atoms with Crippen molar-refractivity contribution < 1.29 is 18.0 Å². The lowest BCUT2D eigenvalue weighted by Gasteiger charge is -2.30. The molecule has 0 fully saturated rings. The molecule has 0 aliphatic heterocycles. The van der Waals surface area contributed by atoms with Gasteiger partial charge in [-0.05, 0) is 17.0 Å². The highest BCUT2D eigenvalue weighted by Crippen LogP contribution is 2.23. The highest BCUT2D eigenvalue weighted by Gasteiger charge is 2.35. The molecule has 0 aliphatic carbocycles. The Kier molecular flexibility index (Phi) is 6.01. The summed E-state index contributed by atoms with van der Waals surface area (Å²) in [5, 5.41) is 4.64. The van der Waals surface area contributed by atoms with Gasteiger partial charge < -0.3 is 4.90 Å². The second-order valence-corrected chi connectivity index (χ2v) is 7.76. The van der Waals surface area contributed by atoms with Crippen LogP contribution in [0.1, 0.15) is 36.7 Å². The summed E-state index contributed by atoms with van der Waals surface area (Å²) in [5.41, 5.74) is 0.456. The van der Waals surface area contributed by atoms with Crippen molar-refractivity contribution in [2.45, 2.75) is 33.5 Å². The van der Waals surface area contributed by atoms with Crippen LogP contribution in [0.5, 0.6) is 0 Å². The standard InChI is InChI=1S/C18H21ClF3N3O/c1-17(2,3)11-24(12-18(20,21)22)16(26)14-8-23-25(10-14)9-13-6-4-5-7-15(13)19/h4-8,10H,9,11-12H2,1-3H3. The van der Waals surface area contributed by atoms with Crippen LogP contribution in [0.4, 0.5) is 13.2 Å². The van der Waals surface area contributed by atoms with Gasteiger partial charge in [-0.25, -0.2) is 0 Å². The number of aromatic nitrogens is 2. The molecule has 1 aromatic heterocycles. The van der Waals surface area contributed by atoms with Crippen molar-refractivity contribution in [3.05, 3.63) is 52.8 Å². The zero-order chi connectivity index (χ0) is 19.5. The number of amides is 1. The summed E-state index contributed by atoms with van der Waals surface area (Å²) < 4.78 is 40.1. The quantitative estimate of drug-likeness (QED) is 0.749. The summed E-state index contributed by atoms with van der Waals surface area (Å²) in [6, 6.07) is 7.18. The molecule has 8 heteroatoms. The van der Waals surface area contributed by atoms with Crippen molar-refractivity contribution in [2.75, 3.05) is 13.1 Å². The minimum atomic E-state index is -4.46. The van der Waals surface area contributed by atoms with E-state index in [1.54, 1.807) is 32.9 Å². The lowest BCUT2D eigenvalue weighted by atomic mass is 9.96. The van der Waals surface area contributed by atoms with Gasteiger partial charge in [-0.15, -0.1) is 0 Å². The van der Waals surface area contributed by atoms with Gasteiger partial charge in [0.1, 0.15) is 6.54 Å². The Labute approximate surface area is 155 Å². The Bertz CT molecular complexity index is 750. The average Bonchev–Trinajstić information content (AvgIpc) is 2.94. The van der Waals surface area contributed by atoms with E-state index in [1.165, 1.54) is 17.1 Å². The molecule has 4 nitrogen and oxygen atoms in total. The van der Waals surface area contributed by atoms with Crippen LogP contribution in [-0.4, -0.2) is 39.9 Å². The fraction of sp³-hybridized carbons (Fsp3) is 0.444. The molecular weight excluding hydrogens is 367 g/mol. The first-order valence-electron chi connectivity index (χ1n) is 8.06.